The van der Waals surface area contributed by atoms with E-state index in [0.717, 1.165) is 43.5 Å². The van der Waals surface area contributed by atoms with E-state index in [9.17, 15) is 9.59 Å². The third-order valence-electron chi connectivity index (χ3n) is 5.90. The van der Waals surface area contributed by atoms with Gasteiger partial charge in [-0.1, -0.05) is 37.5 Å². The first kappa shape index (κ1) is 18.0. The molecule has 2 aliphatic rings. The predicted molar refractivity (Wildman–Crippen MR) is 107 cm³/mol. The number of benzene rings is 1. The Morgan fingerprint density at radius 2 is 1.59 bits per heavy atom. The third-order valence-corrected chi connectivity index (χ3v) is 5.90. The summed E-state index contributed by atoms with van der Waals surface area (Å²) in [6.45, 7) is 3.59. The molecule has 0 bridgehead atoms. The van der Waals surface area contributed by atoms with Gasteiger partial charge in [-0.3, -0.25) is 14.5 Å². The van der Waals surface area contributed by atoms with Crippen LogP contribution in [0.25, 0.3) is 11.3 Å². The SMILES string of the molecule is O=C(c1ccc(-c2cccc(=O)[nH]2)cc1)N1CCN(C2CCCCC2)CC1. The van der Waals surface area contributed by atoms with Gasteiger partial charge in [0.05, 0.1) is 0 Å². The number of nitrogens with one attached hydrogen (secondary N) is 1. The average molecular weight is 365 g/mol. The molecule has 4 rings (SSSR count). The highest BCUT2D eigenvalue weighted by Gasteiger charge is 2.27. The average Bonchev–Trinajstić information content (AvgIpc) is 2.74. The number of carbonyl (C=O) groups is 1. The Balaban J connectivity index is 1.38. The smallest absolute Gasteiger partial charge is 0.253 e. The van der Waals surface area contributed by atoms with Gasteiger partial charge in [0.15, 0.2) is 0 Å². The van der Waals surface area contributed by atoms with E-state index in [1.807, 2.05) is 35.2 Å². The van der Waals surface area contributed by atoms with Crippen LogP contribution in [-0.4, -0.2) is 52.9 Å². The van der Waals surface area contributed by atoms with Gasteiger partial charge in [-0.15, -0.1) is 0 Å². The van der Waals surface area contributed by atoms with Gasteiger partial charge in [0.1, 0.15) is 0 Å². The van der Waals surface area contributed by atoms with E-state index < -0.39 is 0 Å². The lowest BCUT2D eigenvalue weighted by Crippen LogP contribution is -2.52. The van der Waals surface area contributed by atoms with Gasteiger partial charge in [0, 0.05) is 49.5 Å². The Morgan fingerprint density at radius 1 is 0.889 bits per heavy atom. The molecule has 2 heterocycles. The zero-order valence-corrected chi connectivity index (χ0v) is 15.7. The van der Waals surface area contributed by atoms with E-state index in [4.69, 9.17) is 0 Å². The highest BCUT2D eigenvalue weighted by molar-refractivity contribution is 5.94. The van der Waals surface area contributed by atoms with Crippen molar-refractivity contribution in [3.63, 3.8) is 0 Å². The molecule has 0 atom stereocenters. The second-order valence-electron chi connectivity index (χ2n) is 7.63. The number of carbonyl (C=O) groups excluding carboxylic acids is 1. The molecule has 1 aliphatic heterocycles. The number of piperazine rings is 1. The van der Waals surface area contributed by atoms with E-state index in [1.54, 1.807) is 6.07 Å². The number of hydrogen-bond acceptors (Lipinski definition) is 3. The number of hydrogen-bond donors (Lipinski definition) is 1. The normalized spacial score (nSPS) is 19.2. The third kappa shape index (κ3) is 4.14. The molecule has 27 heavy (non-hydrogen) atoms. The van der Waals surface area contributed by atoms with Gasteiger partial charge in [0.2, 0.25) is 5.56 Å². The highest BCUT2D eigenvalue weighted by Crippen LogP contribution is 2.24. The lowest BCUT2D eigenvalue weighted by atomic mass is 9.94. The van der Waals surface area contributed by atoms with Gasteiger partial charge in [0.25, 0.3) is 5.91 Å². The van der Waals surface area contributed by atoms with Crippen LogP contribution in [0.1, 0.15) is 42.5 Å². The molecule has 1 aromatic carbocycles. The minimum absolute atomic E-state index is 0.103. The zero-order valence-electron chi connectivity index (χ0n) is 15.7. The fraction of sp³-hybridized carbons (Fsp3) is 0.455. The summed E-state index contributed by atoms with van der Waals surface area (Å²) in [7, 11) is 0. The van der Waals surface area contributed by atoms with Crippen LogP contribution < -0.4 is 5.56 Å². The molecule has 2 fully saturated rings. The molecule has 1 amide bonds. The summed E-state index contributed by atoms with van der Waals surface area (Å²) in [6, 6.07) is 13.3. The van der Waals surface area contributed by atoms with Crippen LogP contribution in [0.3, 0.4) is 0 Å². The molecular formula is C22H27N3O2. The van der Waals surface area contributed by atoms with Crippen LogP contribution in [0.2, 0.25) is 0 Å². The van der Waals surface area contributed by atoms with E-state index in [-0.39, 0.29) is 11.5 Å². The van der Waals surface area contributed by atoms with E-state index >= 15 is 0 Å². The maximum atomic E-state index is 12.8. The van der Waals surface area contributed by atoms with E-state index in [0.29, 0.717) is 5.56 Å². The van der Waals surface area contributed by atoms with Gasteiger partial charge in [-0.25, -0.2) is 0 Å². The van der Waals surface area contributed by atoms with Crippen molar-refractivity contribution >= 4 is 5.91 Å². The van der Waals surface area contributed by atoms with Gasteiger partial charge < -0.3 is 9.88 Å². The fourth-order valence-electron chi connectivity index (χ4n) is 4.33. The number of nitrogens with zero attached hydrogens (tertiary/aromatic N) is 2. The lowest BCUT2D eigenvalue weighted by Gasteiger charge is -2.40. The molecule has 1 saturated heterocycles. The number of aromatic nitrogens is 1. The van der Waals surface area contributed by atoms with Gasteiger partial charge in [-0.2, -0.15) is 0 Å². The quantitative estimate of drug-likeness (QED) is 0.909. The summed E-state index contributed by atoms with van der Waals surface area (Å²) in [5, 5.41) is 0. The molecule has 142 valence electrons. The maximum Gasteiger partial charge on any atom is 0.253 e. The Kier molecular flexibility index (Phi) is 5.39. The topological polar surface area (TPSA) is 56.4 Å². The van der Waals surface area contributed by atoms with Crippen LogP contribution in [0.4, 0.5) is 0 Å². The molecule has 1 N–H and O–H groups in total. The summed E-state index contributed by atoms with van der Waals surface area (Å²) in [5.41, 5.74) is 2.26. The van der Waals surface area contributed by atoms with Crippen LogP contribution in [0, 0.1) is 0 Å². The molecule has 1 saturated carbocycles. The lowest BCUT2D eigenvalue weighted by molar-refractivity contribution is 0.0523. The van der Waals surface area contributed by atoms with Gasteiger partial charge in [-0.05, 0) is 36.6 Å². The van der Waals surface area contributed by atoms with Crippen molar-refractivity contribution in [2.75, 3.05) is 26.2 Å². The van der Waals surface area contributed by atoms with Crippen LogP contribution in [0.15, 0.2) is 47.3 Å². The fourth-order valence-corrected chi connectivity index (χ4v) is 4.33. The highest BCUT2D eigenvalue weighted by atomic mass is 16.2. The standard InChI is InChI=1S/C22H27N3O2/c26-21-8-4-7-20(23-21)17-9-11-18(12-10-17)22(27)25-15-13-24(14-16-25)19-5-2-1-3-6-19/h4,7-12,19H,1-3,5-6,13-16H2,(H,23,26). The first-order valence-electron chi connectivity index (χ1n) is 10.0. The summed E-state index contributed by atoms with van der Waals surface area (Å²) in [5.74, 6) is 0.103. The van der Waals surface area contributed by atoms with Crippen LogP contribution >= 0.6 is 0 Å². The number of pyridine rings is 1. The van der Waals surface area contributed by atoms with Crippen molar-refractivity contribution in [2.45, 2.75) is 38.1 Å². The van der Waals surface area contributed by atoms with Crippen molar-refractivity contribution in [1.82, 2.24) is 14.8 Å². The maximum absolute atomic E-state index is 12.8. The number of H-pyrrole nitrogens is 1. The van der Waals surface area contributed by atoms with Crippen molar-refractivity contribution in [3.05, 3.63) is 58.4 Å². The minimum Gasteiger partial charge on any atom is -0.336 e. The summed E-state index contributed by atoms with van der Waals surface area (Å²) in [4.78, 5) is 31.7. The van der Waals surface area contributed by atoms with Gasteiger partial charge >= 0.3 is 0 Å². The monoisotopic (exact) mass is 365 g/mol. The second kappa shape index (κ2) is 8.09. The first-order valence-corrected chi connectivity index (χ1v) is 10.0. The Hall–Kier alpha value is -2.40. The number of amides is 1. The summed E-state index contributed by atoms with van der Waals surface area (Å²) < 4.78 is 0. The summed E-state index contributed by atoms with van der Waals surface area (Å²) in [6.07, 6.45) is 6.71. The van der Waals surface area contributed by atoms with E-state index in [2.05, 4.69) is 9.88 Å². The second-order valence-corrected chi connectivity index (χ2v) is 7.63. The first-order chi connectivity index (χ1) is 13.2. The number of aromatic amines is 1. The summed E-state index contributed by atoms with van der Waals surface area (Å²) >= 11 is 0. The van der Waals surface area contributed by atoms with Crippen LogP contribution in [-0.2, 0) is 0 Å². The van der Waals surface area contributed by atoms with E-state index in [1.165, 1.54) is 38.2 Å². The van der Waals surface area contributed by atoms with Crippen molar-refractivity contribution in [3.8, 4) is 11.3 Å². The molecule has 0 unspecified atom stereocenters. The molecule has 0 radical (unpaired) electrons. The molecule has 5 heteroatoms. The largest absolute Gasteiger partial charge is 0.336 e. The Morgan fingerprint density at radius 3 is 2.26 bits per heavy atom. The minimum atomic E-state index is -0.122. The van der Waals surface area contributed by atoms with Crippen LogP contribution in [0.5, 0.6) is 0 Å². The van der Waals surface area contributed by atoms with Crippen molar-refractivity contribution < 1.29 is 4.79 Å². The molecular weight excluding hydrogens is 338 g/mol. The van der Waals surface area contributed by atoms with Crippen molar-refractivity contribution in [2.24, 2.45) is 0 Å². The number of rotatable bonds is 3. The molecule has 0 spiro atoms. The molecule has 2 aromatic rings. The molecule has 5 nitrogen and oxygen atoms in total. The molecule has 1 aliphatic carbocycles. The Bertz CT molecular complexity index is 829. The zero-order chi connectivity index (χ0) is 18.6. The molecule has 1 aromatic heterocycles. The van der Waals surface area contributed by atoms with Crippen molar-refractivity contribution in [1.29, 1.82) is 0 Å². The Labute approximate surface area is 160 Å². The predicted octanol–water partition coefficient (Wildman–Crippen LogP) is 3.13.